The highest BCUT2D eigenvalue weighted by Gasteiger charge is 2.22. The van der Waals surface area contributed by atoms with E-state index in [2.05, 4.69) is 0 Å². The lowest BCUT2D eigenvalue weighted by Gasteiger charge is -2.17. The molecule has 0 saturated heterocycles. The topological polar surface area (TPSA) is 110 Å². The highest BCUT2D eigenvalue weighted by atomic mass is 16.6. The summed E-state index contributed by atoms with van der Waals surface area (Å²) >= 11 is 0. The van der Waals surface area contributed by atoms with Crippen molar-refractivity contribution < 1.29 is 24.4 Å². The Hall–Kier alpha value is -2.64. The Kier molecular flexibility index (Phi) is 5.01. The van der Waals surface area contributed by atoms with Crippen LogP contribution in [-0.2, 0) is 9.53 Å². The third-order valence-electron chi connectivity index (χ3n) is 2.49. The zero-order valence-corrected chi connectivity index (χ0v) is 11.0. The first-order valence-corrected chi connectivity index (χ1v) is 5.75. The molecule has 0 saturated carbocycles. The van der Waals surface area contributed by atoms with Gasteiger partial charge in [0, 0.05) is 18.8 Å². The van der Waals surface area contributed by atoms with Gasteiger partial charge in [-0.05, 0) is 19.1 Å². The van der Waals surface area contributed by atoms with Crippen LogP contribution in [0.15, 0.2) is 18.2 Å². The van der Waals surface area contributed by atoms with Crippen molar-refractivity contribution in [2.75, 3.05) is 25.1 Å². The summed E-state index contributed by atoms with van der Waals surface area (Å²) in [5.74, 6) is -1.87. The average molecular weight is 282 g/mol. The number of carboxylic acids is 1. The van der Waals surface area contributed by atoms with Crippen molar-refractivity contribution in [1.29, 1.82) is 0 Å². The van der Waals surface area contributed by atoms with Gasteiger partial charge in [0.1, 0.15) is 12.1 Å². The number of carboxylic acid groups (broad SMARTS) is 1. The molecule has 1 aromatic carbocycles. The van der Waals surface area contributed by atoms with Crippen LogP contribution in [0, 0.1) is 10.1 Å². The Bertz CT molecular complexity index is 543. The molecule has 20 heavy (non-hydrogen) atoms. The van der Waals surface area contributed by atoms with Crippen LogP contribution < -0.4 is 4.90 Å². The van der Waals surface area contributed by atoms with Gasteiger partial charge in [0.2, 0.25) is 0 Å². The lowest BCUT2D eigenvalue weighted by atomic mass is 10.1. The molecule has 0 aliphatic heterocycles. The van der Waals surface area contributed by atoms with Gasteiger partial charge >= 0.3 is 11.9 Å². The van der Waals surface area contributed by atoms with Crippen LogP contribution in [0.4, 0.5) is 11.4 Å². The number of nitro benzene ring substituents is 1. The van der Waals surface area contributed by atoms with Crippen molar-refractivity contribution in [1.82, 2.24) is 0 Å². The maximum atomic E-state index is 11.7. The van der Waals surface area contributed by atoms with Gasteiger partial charge in [-0.1, -0.05) is 0 Å². The lowest BCUT2D eigenvalue weighted by molar-refractivity contribution is -0.385. The van der Waals surface area contributed by atoms with Crippen molar-refractivity contribution in [2.24, 2.45) is 0 Å². The van der Waals surface area contributed by atoms with Crippen LogP contribution in [-0.4, -0.2) is 42.2 Å². The first-order valence-electron chi connectivity index (χ1n) is 5.75. The molecule has 0 bridgehead atoms. The fourth-order valence-electron chi connectivity index (χ4n) is 1.59. The Morgan fingerprint density at radius 1 is 1.45 bits per heavy atom. The van der Waals surface area contributed by atoms with Crippen molar-refractivity contribution in [3.05, 3.63) is 33.9 Å². The number of aliphatic carboxylic acids is 1. The second-order valence-corrected chi connectivity index (χ2v) is 3.93. The second-order valence-electron chi connectivity index (χ2n) is 3.93. The Morgan fingerprint density at radius 2 is 2.10 bits per heavy atom. The van der Waals surface area contributed by atoms with Crippen LogP contribution in [0.25, 0.3) is 0 Å². The molecule has 0 radical (unpaired) electrons. The van der Waals surface area contributed by atoms with E-state index in [0.29, 0.717) is 5.69 Å². The number of hydrogen-bond donors (Lipinski definition) is 1. The lowest BCUT2D eigenvalue weighted by Crippen LogP contribution is -2.25. The SMILES string of the molecule is CCOC(=O)c1cc(N(C)CC(=O)O)ccc1[N+](=O)[O-]. The maximum Gasteiger partial charge on any atom is 0.345 e. The van der Waals surface area contributed by atoms with Crippen LogP contribution in [0.5, 0.6) is 0 Å². The number of nitro groups is 1. The van der Waals surface area contributed by atoms with Gasteiger partial charge in [0.05, 0.1) is 11.5 Å². The van der Waals surface area contributed by atoms with E-state index in [-0.39, 0.29) is 24.4 Å². The number of carbonyl (C=O) groups excluding carboxylic acids is 1. The van der Waals surface area contributed by atoms with Crippen molar-refractivity contribution in [3.63, 3.8) is 0 Å². The zero-order valence-electron chi connectivity index (χ0n) is 11.0. The summed E-state index contributed by atoms with van der Waals surface area (Å²) < 4.78 is 4.76. The van der Waals surface area contributed by atoms with E-state index >= 15 is 0 Å². The van der Waals surface area contributed by atoms with E-state index in [0.717, 1.165) is 6.07 Å². The minimum absolute atomic E-state index is 0.0885. The Balaban J connectivity index is 3.19. The highest BCUT2D eigenvalue weighted by Crippen LogP contribution is 2.25. The number of likely N-dealkylation sites (N-methyl/N-ethyl adjacent to an activating group) is 1. The molecule has 8 nitrogen and oxygen atoms in total. The molecule has 1 rings (SSSR count). The fourth-order valence-corrected chi connectivity index (χ4v) is 1.59. The van der Waals surface area contributed by atoms with E-state index in [1.807, 2.05) is 0 Å². The molecule has 0 aromatic heterocycles. The van der Waals surface area contributed by atoms with Crippen LogP contribution in [0.2, 0.25) is 0 Å². The molecule has 1 N–H and O–H groups in total. The zero-order chi connectivity index (χ0) is 15.3. The number of carbonyl (C=O) groups is 2. The van der Waals surface area contributed by atoms with Crippen molar-refractivity contribution in [3.8, 4) is 0 Å². The molecule has 0 atom stereocenters. The molecule has 0 fully saturated rings. The number of esters is 1. The predicted octanol–water partition coefficient (Wildman–Crippen LogP) is 1.29. The molecule has 108 valence electrons. The molecular formula is C12H14N2O6. The van der Waals surface area contributed by atoms with Gasteiger partial charge in [-0.2, -0.15) is 0 Å². The number of hydrogen-bond acceptors (Lipinski definition) is 6. The van der Waals surface area contributed by atoms with Gasteiger partial charge < -0.3 is 14.7 Å². The van der Waals surface area contributed by atoms with Gasteiger partial charge in [0.15, 0.2) is 0 Å². The summed E-state index contributed by atoms with van der Waals surface area (Å²) in [4.78, 5) is 33.9. The largest absolute Gasteiger partial charge is 0.480 e. The van der Waals surface area contributed by atoms with Crippen molar-refractivity contribution in [2.45, 2.75) is 6.92 Å². The number of ether oxygens (including phenoxy) is 1. The standard InChI is InChI=1S/C12H14N2O6/c1-3-20-12(17)9-6-8(13(2)7-11(15)16)4-5-10(9)14(18)19/h4-6H,3,7H2,1-2H3,(H,15,16). The molecule has 1 aromatic rings. The van der Waals surface area contributed by atoms with Crippen LogP contribution in [0.3, 0.4) is 0 Å². The average Bonchev–Trinajstić information content (AvgIpc) is 2.37. The van der Waals surface area contributed by atoms with E-state index in [1.54, 1.807) is 6.92 Å². The first-order chi connectivity index (χ1) is 9.36. The van der Waals surface area contributed by atoms with Gasteiger partial charge in [0.25, 0.3) is 5.69 Å². The monoisotopic (exact) mass is 282 g/mol. The Labute approximate surface area is 114 Å². The number of anilines is 1. The minimum atomic E-state index is -1.05. The van der Waals surface area contributed by atoms with E-state index in [1.165, 1.54) is 24.1 Å². The summed E-state index contributed by atoms with van der Waals surface area (Å²) in [6.45, 7) is 1.38. The third-order valence-corrected chi connectivity index (χ3v) is 2.49. The number of rotatable bonds is 6. The molecule has 0 heterocycles. The maximum absolute atomic E-state index is 11.7. The smallest absolute Gasteiger partial charge is 0.345 e. The third kappa shape index (κ3) is 3.67. The molecule has 0 amide bonds. The van der Waals surface area contributed by atoms with E-state index in [9.17, 15) is 19.7 Å². The molecule has 0 unspecified atom stereocenters. The van der Waals surface area contributed by atoms with E-state index < -0.39 is 16.9 Å². The minimum Gasteiger partial charge on any atom is -0.480 e. The summed E-state index contributed by atoms with van der Waals surface area (Å²) in [5.41, 5.74) is -0.205. The van der Waals surface area contributed by atoms with Crippen LogP contribution in [0.1, 0.15) is 17.3 Å². The van der Waals surface area contributed by atoms with Crippen LogP contribution >= 0.6 is 0 Å². The fraction of sp³-hybridized carbons (Fsp3) is 0.333. The molecule has 0 aliphatic carbocycles. The molecule has 0 spiro atoms. The summed E-state index contributed by atoms with van der Waals surface area (Å²) in [7, 11) is 1.50. The van der Waals surface area contributed by atoms with Gasteiger partial charge in [-0.25, -0.2) is 4.79 Å². The quantitative estimate of drug-likeness (QED) is 0.475. The predicted molar refractivity (Wildman–Crippen MR) is 70.0 cm³/mol. The van der Waals surface area contributed by atoms with Gasteiger partial charge in [-0.15, -0.1) is 0 Å². The highest BCUT2D eigenvalue weighted by molar-refractivity contribution is 5.95. The number of benzene rings is 1. The molecule has 0 aliphatic rings. The molecular weight excluding hydrogens is 268 g/mol. The second kappa shape index (κ2) is 6.50. The number of nitrogens with zero attached hydrogens (tertiary/aromatic N) is 2. The summed E-state index contributed by atoms with van der Waals surface area (Å²) in [5, 5.41) is 19.6. The Morgan fingerprint density at radius 3 is 2.60 bits per heavy atom. The summed E-state index contributed by atoms with van der Waals surface area (Å²) in [6, 6.07) is 3.78. The summed E-state index contributed by atoms with van der Waals surface area (Å²) in [6.07, 6.45) is 0. The van der Waals surface area contributed by atoms with Crippen molar-refractivity contribution >= 4 is 23.3 Å². The van der Waals surface area contributed by atoms with Gasteiger partial charge in [-0.3, -0.25) is 14.9 Å². The normalized spacial score (nSPS) is 9.90. The van der Waals surface area contributed by atoms with E-state index in [4.69, 9.17) is 9.84 Å². The molecule has 8 heteroatoms. The first kappa shape index (κ1) is 15.4.